The monoisotopic (exact) mass is 263 g/mol. The summed E-state index contributed by atoms with van der Waals surface area (Å²) in [4.78, 5) is 12.0. The van der Waals surface area contributed by atoms with Crippen LogP contribution in [0.25, 0.3) is 0 Å². The average molecular weight is 263 g/mol. The Morgan fingerprint density at radius 2 is 2.16 bits per heavy atom. The Morgan fingerprint density at radius 3 is 2.74 bits per heavy atom. The number of amides is 1. The number of amidine groups is 1. The standard InChI is InChI=1S/C10H13N7O2/c1-16-5-6(3-12-16)10(18)14-9-7(8(11)15-19)4-13-17(9)2/h3-5,19H,1-2H3,(H2,11,15)(H,14,18). The van der Waals surface area contributed by atoms with Crippen LogP contribution in [0.4, 0.5) is 5.82 Å². The summed E-state index contributed by atoms with van der Waals surface area (Å²) in [5.41, 5.74) is 6.24. The van der Waals surface area contributed by atoms with Gasteiger partial charge in [-0.1, -0.05) is 5.16 Å². The number of hydrogen-bond acceptors (Lipinski definition) is 5. The number of anilines is 1. The number of carbonyl (C=O) groups is 1. The molecule has 4 N–H and O–H groups in total. The van der Waals surface area contributed by atoms with Crippen molar-refractivity contribution in [3.63, 3.8) is 0 Å². The summed E-state index contributed by atoms with van der Waals surface area (Å²) in [6.45, 7) is 0. The largest absolute Gasteiger partial charge is 0.409 e. The Labute approximate surface area is 108 Å². The fourth-order valence-corrected chi connectivity index (χ4v) is 1.55. The van der Waals surface area contributed by atoms with Crippen LogP contribution in [0.5, 0.6) is 0 Å². The van der Waals surface area contributed by atoms with Gasteiger partial charge in [-0.2, -0.15) is 10.2 Å². The molecule has 2 heterocycles. The zero-order valence-corrected chi connectivity index (χ0v) is 10.4. The average Bonchev–Trinajstić information content (AvgIpc) is 2.96. The van der Waals surface area contributed by atoms with E-state index in [4.69, 9.17) is 10.9 Å². The highest BCUT2D eigenvalue weighted by Gasteiger charge is 2.16. The van der Waals surface area contributed by atoms with E-state index in [9.17, 15) is 4.79 Å². The maximum atomic E-state index is 12.0. The van der Waals surface area contributed by atoms with Crippen molar-refractivity contribution in [1.82, 2.24) is 19.6 Å². The molecule has 0 radical (unpaired) electrons. The van der Waals surface area contributed by atoms with Crippen LogP contribution in [0, 0.1) is 0 Å². The van der Waals surface area contributed by atoms with Crippen LogP contribution >= 0.6 is 0 Å². The zero-order valence-electron chi connectivity index (χ0n) is 10.4. The van der Waals surface area contributed by atoms with Crippen molar-refractivity contribution >= 4 is 17.6 Å². The van der Waals surface area contributed by atoms with E-state index in [1.807, 2.05) is 0 Å². The van der Waals surface area contributed by atoms with Crippen LogP contribution in [0.2, 0.25) is 0 Å². The predicted octanol–water partition coefficient (Wildman–Crippen LogP) is -0.500. The topological polar surface area (TPSA) is 123 Å². The maximum Gasteiger partial charge on any atom is 0.260 e. The highest BCUT2D eigenvalue weighted by atomic mass is 16.4. The molecule has 0 aliphatic carbocycles. The Morgan fingerprint density at radius 1 is 1.42 bits per heavy atom. The molecule has 9 heteroatoms. The van der Waals surface area contributed by atoms with E-state index in [-0.39, 0.29) is 11.7 Å². The van der Waals surface area contributed by atoms with E-state index in [2.05, 4.69) is 20.7 Å². The lowest BCUT2D eigenvalue weighted by molar-refractivity contribution is 0.102. The van der Waals surface area contributed by atoms with Crippen molar-refractivity contribution in [1.29, 1.82) is 0 Å². The minimum atomic E-state index is -0.358. The molecule has 0 aliphatic heterocycles. The second-order valence-electron chi connectivity index (χ2n) is 3.87. The first kappa shape index (κ1) is 12.6. The van der Waals surface area contributed by atoms with Gasteiger partial charge in [-0.25, -0.2) is 0 Å². The number of rotatable bonds is 3. The number of carbonyl (C=O) groups excluding carboxylic acids is 1. The van der Waals surface area contributed by atoms with Gasteiger partial charge in [0.25, 0.3) is 5.91 Å². The van der Waals surface area contributed by atoms with Crippen LogP contribution in [-0.2, 0) is 14.1 Å². The predicted molar refractivity (Wildman–Crippen MR) is 66.9 cm³/mol. The molecular formula is C10H13N7O2. The van der Waals surface area contributed by atoms with Gasteiger partial charge in [-0.05, 0) is 0 Å². The highest BCUT2D eigenvalue weighted by molar-refractivity contribution is 6.08. The molecule has 0 aliphatic rings. The number of oxime groups is 1. The van der Waals surface area contributed by atoms with Gasteiger partial charge in [0.15, 0.2) is 5.84 Å². The molecule has 1 amide bonds. The number of nitrogens with one attached hydrogen (secondary N) is 1. The molecule has 0 unspecified atom stereocenters. The minimum absolute atomic E-state index is 0.130. The molecule has 0 aromatic carbocycles. The van der Waals surface area contributed by atoms with Crippen molar-refractivity contribution in [3.8, 4) is 0 Å². The molecule has 2 rings (SSSR count). The number of hydrogen-bond donors (Lipinski definition) is 3. The van der Waals surface area contributed by atoms with Gasteiger partial charge in [-0.15, -0.1) is 0 Å². The van der Waals surface area contributed by atoms with Crippen LogP contribution in [0.3, 0.4) is 0 Å². The summed E-state index contributed by atoms with van der Waals surface area (Å²) in [6.07, 6.45) is 4.41. The Balaban J connectivity index is 2.29. The van der Waals surface area contributed by atoms with Gasteiger partial charge in [0.2, 0.25) is 0 Å². The Hall–Kier alpha value is -2.84. The minimum Gasteiger partial charge on any atom is -0.409 e. The van der Waals surface area contributed by atoms with E-state index >= 15 is 0 Å². The zero-order chi connectivity index (χ0) is 14.0. The summed E-state index contributed by atoms with van der Waals surface area (Å²) in [5.74, 6) is -0.151. The van der Waals surface area contributed by atoms with Gasteiger partial charge < -0.3 is 16.3 Å². The first-order valence-corrected chi connectivity index (χ1v) is 5.33. The van der Waals surface area contributed by atoms with E-state index in [0.717, 1.165) is 0 Å². The third-order valence-corrected chi connectivity index (χ3v) is 2.52. The van der Waals surface area contributed by atoms with Gasteiger partial charge in [0.05, 0.1) is 23.5 Å². The molecule has 2 aromatic rings. The lowest BCUT2D eigenvalue weighted by Crippen LogP contribution is -2.19. The van der Waals surface area contributed by atoms with Crippen LogP contribution in [0.15, 0.2) is 23.7 Å². The second kappa shape index (κ2) is 4.80. The fourth-order valence-electron chi connectivity index (χ4n) is 1.55. The summed E-state index contributed by atoms with van der Waals surface area (Å²) < 4.78 is 2.93. The van der Waals surface area contributed by atoms with Gasteiger partial charge in [0, 0.05) is 20.3 Å². The highest BCUT2D eigenvalue weighted by Crippen LogP contribution is 2.14. The Kier molecular flexibility index (Phi) is 3.19. The van der Waals surface area contributed by atoms with E-state index < -0.39 is 0 Å². The maximum absolute atomic E-state index is 12.0. The molecule has 19 heavy (non-hydrogen) atoms. The van der Waals surface area contributed by atoms with E-state index in [1.165, 1.54) is 21.8 Å². The van der Waals surface area contributed by atoms with Crippen molar-refractivity contribution < 1.29 is 10.0 Å². The quantitative estimate of drug-likeness (QED) is 0.298. The van der Waals surface area contributed by atoms with Gasteiger partial charge >= 0.3 is 0 Å². The summed E-state index contributed by atoms with van der Waals surface area (Å²) in [5, 5.41) is 22.1. The molecule has 0 spiro atoms. The molecule has 9 nitrogen and oxygen atoms in total. The van der Waals surface area contributed by atoms with Gasteiger partial charge in [-0.3, -0.25) is 14.2 Å². The molecule has 0 saturated carbocycles. The summed E-state index contributed by atoms with van der Waals surface area (Å²) in [7, 11) is 3.34. The van der Waals surface area contributed by atoms with Crippen molar-refractivity contribution in [2.75, 3.05) is 5.32 Å². The molecule has 2 aromatic heterocycles. The van der Waals surface area contributed by atoms with E-state index in [1.54, 1.807) is 20.3 Å². The number of aromatic nitrogens is 4. The molecule has 0 atom stereocenters. The van der Waals surface area contributed by atoms with Crippen molar-refractivity contribution in [2.45, 2.75) is 0 Å². The van der Waals surface area contributed by atoms with Crippen LogP contribution in [-0.4, -0.2) is 36.5 Å². The van der Waals surface area contributed by atoms with Crippen LogP contribution in [0.1, 0.15) is 15.9 Å². The third kappa shape index (κ3) is 2.39. The lowest BCUT2D eigenvalue weighted by Gasteiger charge is -2.06. The van der Waals surface area contributed by atoms with Crippen molar-refractivity contribution in [2.24, 2.45) is 25.0 Å². The molecular weight excluding hydrogens is 250 g/mol. The molecule has 0 bridgehead atoms. The summed E-state index contributed by atoms with van der Waals surface area (Å²) >= 11 is 0. The fraction of sp³-hybridized carbons (Fsp3) is 0.200. The SMILES string of the molecule is Cn1cc(C(=O)Nc2c(C(N)=NO)cnn2C)cn1. The molecule has 0 saturated heterocycles. The number of nitrogens with zero attached hydrogens (tertiary/aromatic N) is 5. The van der Waals surface area contributed by atoms with E-state index in [0.29, 0.717) is 16.9 Å². The third-order valence-electron chi connectivity index (χ3n) is 2.52. The Bertz CT molecular complexity index is 640. The molecule has 100 valence electrons. The normalized spacial score (nSPS) is 11.6. The van der Waals surface area contributed by atoms with Crippen molar-refractivity contribution in [3.05, 3.63) is 29.7 Å². The smallest absolute Gasteiger partial charge is 0.260 e. The first-order chi connectivity index (χ1) is 9.02. The first-order valence-electron chi connectivity index (χ1n) is 5.33. The van der Waals surface area contributed by atoms with Gasteiger partial charge in [0.1, 0.15) is 5.82 Å². The lowest BCUT2D eigenvalue weighted by atomic mass is 10.3. The van der Waals surface area contributed by atoms with Crippen LogP contribution < -0.4 is 11.1 Å². The summed E-state index contributed by atoms with van der Waals surface area (Å²) in [6, 6.07) is 0. The number of nitrogens with two attached hydrogens (primary N) is 1. The molecule has 0 fully saturated rings. The second-order valence-corrected chi connectivity index (χ2v) is 3.87. The number of aryl methyl sites for hydroxylation is 2.